The lowest BCUT2D eigenvalue weighted by Gasteiger charge is -2.36. The molecule has 4 rings (SSSR count). The predicted octanol–water partition coefficient (Wildman–Crippen LogP) is 3.29. The lowest BCUT2D eigenvalue weighted by atomic mass is 9.71. The van der Waals surface area contributed by atoms with Crippen molar-refractivity contribution < 1.29 is 9.90 Å². The second kappa shape index (κ2) is 5.32. The number of nitrogen functional groups attached to an aromatic ring is 1. The van der Waals surface area contributed by atoms with Gasteiger partial charge in [-0.05, 0) is 17.2 Å². The highest BCUT2D eigenvalue weighted by atomic mass is 16.3. The fourth-order valence-electron chi connectivity index (χ4n) is 3.57. The monoisotopic (exact) mass is 315 g/mol. The number of nitrogens with two attached hydrogens (primary N) is 1. The fraction of sp³-hybridized carbons (Fsp3) is 0.0952. The summed E-state index contributed by atoms with van der Waals surface area (Å²) < 4.78 is 0. The van der Waals surface area contributed by atoms with Crippen LogP contribution < -0.4 is 5.73 Å². The van der Waals surface area contributed by atoms with Crippen molar-refractivity contribution in [3.63, 3.8) is 0 Å². The molecule has 24 heavy (non-hydrogen) atoms. The first-order valence-electron chi connectivity index (χ1n) is 7.91. The maximum Gasteiger partial charge on any atom is 0.195 e. The van der Waals surface area contributed by atoms with E-state index < -0.39 is 5.60 Å². The topological polar surface area (TPSA) is 63.3 Å². The number of aliphatic hydroxyl groups is 1. The van der Waals surface area contributed by atoms with Gasteiger partial charge in [0.2, 0.25) is 0 Å². The van der Waals surface area contributed by atoms with Crippen LogP contribution in [0.4, 0.5) is 5.69 Å². The molecule has 0 saturated carbocycles. The van der Waals surface area contributed by atoms with Crippen molar-refractivity contribution in [2.75, 3.05) is 5.73 Å². The van der Waals surface area contributed by atoms with Gasteiger partial charge in [-0.15, -0.1) is 0 Å². The van der Waals surface area contributed by atoms with E-state index in [0.29, 0.717) is 34.4 Å². The van der Waals surface area contributed by atoms with Crippen molar-refractivity contribution in [3.05, 3.63) is 101 Å². The van der Waals surface area contributed by atoms with Crippen LogP contribution in [0.2, 0.25) is 0 Å². The molecule has 1 unspecified atom stereocenters. The van der Waals surface area contributed by atoms with E-state index in [1.807, 2.05) is 48.5 Å². The van der Waals surface area contributed by atoms with Gasteiger partial charge in [-0.3, -0.25) is 4.79 Å². The second-order valence-corrected chi connectivity index (χ2v) is 6.17. The highest BCUT2D eigenvalue weighted by molar-refractivity contribution is 6.16. The Bertz CT molecular complexity index is 934. The molecule has 3 aromatic carbocycles. The van der Waals surface area contributed by atoms with Crippen LogP contribution >= 0.6 is 0 Å². The summed E-state index contributed by atoms with van der Waals surface area (Å²) in [7, 11) is 0. The molecule has 118 valence electrons. The van der Waals surface area contributed by atoms with Crippen molar-refractivity contribution in [2.24, 2.45) is 0 Å². The Morgan fingerprint density at radius 1 is 0.833 bits per heavy atom. The zero-order chi connectivity index (χ0) is 16.7. The number of carbonyl (C=O) groups is 1. The number of benzene rings is 3. The maximum absolute atomic E-state index is 12.9. The average Bonchev–Trinajstić information content (AvgIpc) is 2.61. The summed E-state index contributed by atoms with van der Waals surface area (Å²) in [6.45, 7) is 0. The first kappa shape index (κ1) is 14.7. The maximum atomic E-state index is 12.9. The molecule has 0 spiro atoms. The Hall–Kier alpha value is -2.91. The van der Waals surface area contributed by atoms with Gasteiger partial charge >= 0.3 is 0 Å². The van der Waals surface area contributed by atoms with Gasteiger partial charge in [0.05, 0.1) is 5.56 Å². The third kappa shape index (κ3) is 2.06. The van der Waals surface area contributed by atoms with Gasteiger partial charge in [-0.2, -0.15) is 0 Å². The van der Waals surface area contributed by atoms with Gasteiger partial charge in [0, 0.05) is 23.2 Å². The number of hydrogen-bond acceptors (Lipinski definition) is 3. The van der Waals surface area contributed by atoms with Crippen LogP contribution in [-0.4, -0.2) is 10.9 Å². The van der Waals surface area contributed by atoms with Crippen LogP contribution in [-0.2, 0) is 12.0 Å². The molecule has 3 nitrogen and oxygen atoms in total. The van der Waals surface area contributed by atoms with Gasteiger partial charge in [0.25, 0.3) is 0 Å². The molecular formula is C21H17NO2. The van der Waals surface area contributed by atoms with Crippen LogP contribution in [0.15, 0.2) is 72.8 Å². The second-order valence-electron chi connectivity index (χ2n) is 6.17. The van der Waals surface area contributed by atoms with E-state index >= 15 is 0 Å². The third-order valence-corrected chi connectivity index (χ3v) is 4.69. The normalized spacial score (nSPS) is 18.8. The zero-order valence-electron chi connectivity index (χ0n) is 13.1. The van der Waals surface area contributed by atoms with Gasteiger partial charge in [0.15, 0.2) is 5.78 Å². The molecule has 1 aliphatic carbocycles. The highest BCUT2D eigenvalue weighted by Gasteiger charge is 2.42. The summed E-state index contributed by atoms with van der Waals surface area (Å²) in [6.07, 6.45) is 0.384. The summed E-state index contributed by atoms with van der Waals surface area (Å²) in [6, 6.07) is 22.3. The number of ketones is 1. The predicted molar refractivity (Wildman–Crippen MR) is 93.9 cm³/mol. The summed E-state index contributed by atoms with van der Waals surface area (Å²) in [5.41, 5.74) is 8.33. The number of anilines is 1. The summed E-state index contributed by atoms with van der Waals surface area (Å²) in [5.74, 6) is -0.128. The largest absolute Gasteiger partial charge is 0.398 e. The van der Waals surface area contributed by atoms with E-state index in [1.54, 1.807) is 24.3 Å². The lowest BCUT2D eigenvalue weighted by Crippen LogP contribution is -2.38. The average molecular weight is 315 g/mol. The van der Waals surface area contributed by atoms with Gasteiger partial charge < -0.3 is 10.8 Å². The molecule has 0 aliphatic heterocycles. The van der Waals surface area contributed by atoms with Crippen LogP contribution in [0.5, 0.6) is 0 Å². The molecule has 0 radical (unpaired) electrons. The van der Waals surface area contributed by atoms with Crippen molar-refractivity contribution in [3.8, 4) is 0 Å². The molecule has 0 aromatic heterocycles. The van der Waals surface area contributed by atoms with Crippen molar-refractivity contribution in [2.45, 2.75) is 12.0 Å². The number of hydrogen-bond donors (Lipinski definition) is 2. The van der Waals surface area contributed by atoms with Crippen molar-refractivity contribution in [1.29, 1.82) is 0 Å². The van der Waals surface area contributed by atoms with E-state index in [-0.39, 0.29) is 5.78 Å². The smallest absolute Gasteiger partial charge is 0.195 e. The fourth-order valence-corrected chi connectivity index (χ4v) is 3.57. The Labute approximate surface area is 140 Å². The molecule has 0 heterocycles. The Kier molecular flexibility index (Phi) is 3.25. The first-order chi connectivity index (χ1) is 11.6. The minimum Gasteiger partial charge on any atom is -0.398 e. The molecular weight excluding hydrogens is 298 g/mol. The SMILES string of the molecule is Nc1cccc2c1C(=O)c1ccccc1C2(O)Cc1ccccc1. The Morgan fingerprint density at radius 2 is 1.50 bits per heavy atom. The summed E-state index contributed by atoms with van der Waals surface area (Å²) in [5, 5.41) is 11.7. The van der Waals surface area contributed by atoms with Crippen LogP contribution in [0.3, 0.4) is 0 Å². The van der Waals surface area contributed by atoms with Gasteiger partial charge in [-0.25, -0.2) is 0 Å². The molecule has 1 atom stereocenters. The van der Waals surface area contributed by atoms with Crippen LogP contribution in [0.1, 0.15) is 32.6 Å². The Morgan fingerprint density at radius 3 is 2.29 bits per heavy atom. The van der Waals surface area contributed by atoms with Gasteiger partial charge in [0.1, 0.15) is 5.60 Å². The van der Waals surface area contributed by atoms with E-state index in [4.69, 9.17) is 5.73 Å². The van der Waals surface area contributed by atoms with Crippen LogP contribution in [0.25, 0.3) is 0 Å². The molecule has 0 saturated heterocycles. The molecule has 0 bridgehead atoms. The number of fused-ring (bicyclic) bond motifs is 2. The highest BCUT2D eigenvalue weighted by Crippen LogP contribution is 2.43. The Balaban J connectivity index is 1.99. The quantitative estimate of drug-likeness (QED) is 0.713. The lowest BCUT2D eigenvalue weighted by molar-refractivity contribution is 0.0722. The molecule has 3 aromatic rings. The summed E-state index contributed by atoms with van der Waals surface area (Å²) >= 11 is 0. The zero-order valence-corrected chi connectivity index (χ0v) is 13.1. The molecule has 3 N–H and O–H groups in total. The van der Waals surface area contributed by atoms with E-state index in [1.165, 1.54) is 0 Å². The third-order valence-electron chi connectivity index (χ3n) is 4.69. The van der Waals surface area contributed by atoms with Crippen molar-refractivity contribution >= 4 is 11.5 Å². The van der Waals surface area contributed by atoms with E-state index in [9.17, 15) is 9.90 Å². The van der Waals surface area contributed by atoms with Crippen molar-refractivity contribution in [1.82, 2.24) is 0 Å². The number of rotatable bonds is 2. The van der Waals surface area contributed by atoms with E-state index in [2.05, 4.69) is 0 Å². The number of carbonyl (C=O) groups excluding carboxylic acids is 1. The molecule has 0 amide bonds. The standard InChI is InChI=1S/C21H17NO2/c22-18-12-6-11-17-19(18)20(23)15-9-4-5-10-16(15)21(17,24)13-14-7-2-1-3-8-14/h1-12,24H,13,22H2. The van der Waals surface area contributed by atoms with E-state index in [0.717, 1.165) is 5.56 Å². The molecule has 1 aliphatic rings. The summed E-state index contributed by atoms with van der Waals surface area (Å²) in [4.78, 5) is 12.9. The first-order valence-corrected chi connectivity index (χ1v) is 7.91. The minimum absolute atomic E-state index is 0.128. The van der Waals surface area contributed by atoms with Gasteiger partial charge in [-0.1, -0.05) is 66.7 Å². The molecule has 0 fully saturated rings. The minimum atomic E-state index is -1.28. The molecule has 3 heteroatoms. The van der Waals surface area contributed by atoms with Crippen LogP contribution in [0, 0.1) is 0 Å².